The molecule has 1 fully saturated rings. The highest BCUT2D eigenvalue weighted by Crippen LogP contribution is 2.34. The fourth-order valence-electron chi connectivity index (χ4n) is 3.08. The van der Waals surface area contributed by atoms with E-state index in [1.54, 1.807) is 7.11 Å². The molecular formula is C20H25NO2. The number of benzene rings is 2. The summed E-state index contributed by atoms with van der Waals surface area (Å²) in [5, 5.41) is 12.8. The minimum atomic E-state index is 0.265. The summed E-state index contributed by atoms with van der Waals surface area (Å²) in [6.07, 6.45) is 3.44. The monoisotopic (exact) mass is 311 g/mol. The Morgan fingerprint density at radius 3 is 2.52 bits per heavy atom. The van der Waals surface area contributed by atoms with Crippen molar-refractivity contribution in [2.24, 2.45) is 5.92 Å². The van der Waals surface area contributed by atoms with Gasteiger partial charge in [-0.15, -0.1) is 0 Å². The molecule has 0 bridgehead atoms. The van der Waals surface area contributed by atoms with Crippen molar-refractivity contribution >= 4 is 0 Å². The maximum Gasteiger partial charge on any atom is 0.126 e. The molecule has 3 heteroatoms. The van der Waals surface area contributed by atoms with Crippen LogP contribution in [-0.2, 0) is 6.54 Å². The number of aliphatic hydroxyl groups excluding tert-OH is 1. The normalized spacial score (nSPS) is 15.4. The highest BCUT2D eigenvalue weighted by molar-refractivity contribution is 5.70. The van der Waals surface area contributed by atoms with Crippen molar-refractivity contribution in [2.75, 3.05) is 13.7 Å². The molecule has 1 aliphatic carbocycles. The van der Waals surface area contributed by atoms with Crippen molar-refractivity contribution in [3.8, 4) is 16.9 Å². The maximum atomic E-state index is 9.17. The molecule has 2 N–H and O–H groups in total. The molecule has 0 saturated heterocycles. The lowest BCUT2D eigenvalue weighted by molar-refractivity contribution is 0.256. The number of para-hydroxylation sites is 1. The Labute approximate surface area is 138 Å². The highest BCUT2D eigenvalue weighted by atomic mass is 16.5. The maximum absolute atomic E-state index is 9.17. The summed E-state index contributed by atoms with van der Waals surface area (Å²) in [6.45, 7) is 1.12. The minimum absolute atomic E-state index is 0.265. The van der Waals surface area contributed by atoms with Gasteiger partial charge in [-0.2, -0.15) is 0 Å². The number of hydrogen-bond donors (Lipinski definition) is 2. The van der Waals surface area contributed by atoms with Crippen LogP contribution in [0.4, 0.5) is 0 Å². The molecule has 0 amide bonds. The number of rotatable bonds is 8. The zero-order chi connectivity index (χ0) is 16.1. The van der Waals surface area contributed by atoms with Crippen molar-refractivity contribution in [3.05, 3.63) is 54.1 Å². The smallest absolute Gasteiger partial charge is 0.126 e. The summed E-state index contributed by atoms with van der Waals surface area (Å²) in [7, 11) is 1.70. The number of hydrogen-bond acceptors (Lipinski definition) is 3. The first-order valence-electron chi connectivity index (χ1n) is 8.38. The second kappa shape index (κ2) is 7.62. The van der Waals surface area contributed by atoms with Gasteiger partial charge in [0, 0.05) is 24.8 Å². The molecule has 1 aliphatic rings. The van der Waals surface area contributed by atoms with Crippen molar-refractivity contribution in [3.63, 3.8) is 0 Å². The molecule has 2 aromatic rings. The topological polar surface area (TPSA) is 41.5 Å². The molecule has 0 heterocycles. The molecule has 0 radical (unpaired) electrons. The molecule has 1 saturated carbocycles. The fraction of sp³-hybridized carbons (Fsp3) is 0.400. The third-order valence-corrected chi connectivity index (χ3v) is 4.57. The zero-order valence-electron chi connectivity index (χ0n) is 13.7. The number of nitrogens with one attached hydrogen (secondary N) is 1. The first-order chi connectivity index (χ1) is 11.3. The van der Waals surface area contributed by atoms with E-state index >= 15 is 0 Å². The molecule has 0 aliphatic heterocycles. The molecule has 3 nitrogen and oxygen atoms in total. The standard InChI is InChI=1S/C20H25NO2/c1-23-20-5-3-2-4-18(20)16-8-6-15(7-9-16)14-21-19(12-13-22)17-10-11-17/h2-9,17,19,21-22H,10-14H2,1H3. The van der Waals surface area contributed by atoms with E-state index in [4.69, 9.17) is 4.74 Å². The van der Waals surface area contributed by atoms with Gasteiger partial charge in [0.2, 0.25) is 0 Å². The molecule has 122 valence electrons. The van der Waals surface area contributed by atoms with Crippen molar-refractivity contribution < 1.29 is 9.84 Å². The van der Waals surface area contributed by atoms with Crippen LogP contribution >= 0.6 is 0 Å². The van der Waals surface area contributed by atoms with Gasteiger partial charge in [0.1, 0.15) is 5.75 Å². The van der Waals surface area contributed by atoms with Gasteiger partial charge in [0.25, 0.3) is 0 Å². The van der Waals surface area contributed by atoms with Crippen LogP contribution in [0.1, 0.15) is 24.8 Å². The van der Waals surface area contributed by atoms with E-state index in [1.807, 2.05) is 18.2 Å². The van der Waals surface area contributed by atoms with E-state index in [1.165, 1.54) is 24.0 Å². The van der Waals surface area contributed by atoms with Crippen LogP contribution in [0.2, 0.25) is 0 Å². The van der Waals surface area contributed by atoms with Crippen LogP contribution in [0.5, 0.6) is 5.75 Å². The van der Waals surface area contributed by atoms with Crippen LogP contribution < -0.4 is 10.1 Å². The van der Waals surface area contributed by atoms with Crippen LogP contribution in [0, 0.1) is 5.92 Å². The molecule has 1 unspecified atom stereocenters. The molecular weight excluding hydrogens is 286 g/mol. The van der Waals surface area contributed by atoms with Crippen LogP contribution in [0.25, 0.3) is 11.1 Å². The van der Waals surface area contributed by atoms with Gasteiger partial charge in [-0.25, -0.2) is 0 Å². The Morgan fingerprint density at radius 2 is 1.87 bits per heavy atom. The summed E-state index contributed by atoms with van der Waals surface area (Å²) in [4.78, 5) is 0. The predicted molar refractivity (Wildman–Crippen MR) is 93.5 cm³/mol. The van der Waals surface area contributed by atoms with E-state index in [0.29, 0.717) is 6.04 Å². The van der Waals surface area contributed by atoms with E-state index in [0.717, 1.165) is 30.2 Å². The summed E-state index contributed by atoms with van der Waals surface area (Å²) >= 11 is 0. The minimum Gasteiger partial charge on any atom is -0.496 e. The Balaban J connectivity index is 1.65. The van der Waals surface area contributed by atoms with Gasteiger partial charge in [-0.3, -0.25) is 0 Å². The van der Waals surface area contributed by atoms with Gasteiger partial charge in [-0.1, -0.05) is 42.5 Å². The lowest BCUT2D eigenvalue weighted by atomic mass is 10.0. The van der Waals surface area contributed by atoms with Crippen molar-refractivity contribution in [1.82, 2.24) is 5.32 Å². The average molecular weight is 311 g/mol. The fourth-order valence-corrected chi connectivity index (χ4v) is 3.08. The van der Waals surface area contributed by atoms with E-state index in [9.17, 15) is 5.11 Å². The number of aliphatic hydroxyl groups is 1. The Kier molecular flexibility index (Phi) is 5.31. The summed E-state index contributed by atoms with van der Waals surface area (Å²) in [5.41, 5.74) is 3.55. The quantitative estimate of drug-likeness (QED) is 0.782. The van der Waals surface area contributed by atoms with E-state index in [-0.39, 0.29) is 6.61 Å². The molecule has 2 aromatic carbocycles. The summed E-state index contributed by atoms with van der Waals surface area (Å²) in [5.74, 6) is 1.66. The largest absolute Gasteiger partial charge is 0.496 e. The molecule has 23 heavy (non-hydrogen) atoms. The molecule has 1 atom stereocenters. The van der Waals surface area contributed by atoms with E-state index in [2.05, 4.69) is 35.6 Å². The molecule has 0 aromatic heterocycles. The number of ether oxygens (including phenoxy) is 1. The van der Waals surface area contributed by atoms with Gasteiger partial charge < -0.3 is 15.2 Å². The summed E-state index contributed by atoms with van der Waals surface area (Å²) < 4.78 is 5.43. The van der Waals surface area contributed by atoms with Crippen molar-refractivity contribution in [1.29, 1.82) is 0 Å². The van der Waals surface area contributed by atoms with E-state index < -0.39 is 0 Å². The second-order valence-corrected chi connectivity index (χ2v) is 6.23. The molecule has 3 rings (SSSR count). The third kappa shape index (κ3) is 4.12. The van der Waals surface area contributed by atoms with Crippen LogP contribution in [0.3, 0.4) is 0 Å². The van der Waals surface area contributed by atoms with Crippen molar-refractivity contribution in [2.45, 2.75) is 31.8 Å². The van der Waals surface area contributed by atoms with Gasteiger partial charge in [-0.05, 0) is 42.4 Å². The lowest BCUT2D eigenvalue weighted by Gasteiger charge is -2.17. The third-order valence-electron chi connectivity index (χ3n) is 4.57. The number of methoxy groups -OCH3 is 1. The zero-order valence-corrected chi connectivity index (χ0v) is 13.7. The first-order valence-corrected chi connectivity index (χ1v) is 8.38. The Bertz CT molecular complexity index is 620. The lowest BCUT2D eigenvalue weighted by Crippen LogP contribution is -2.31. The Hall–Kier alpha value is -1.84. The first kappa shape index (κ1) is 16.0. The van der Waals surface area contributed by atoms with Gasteiger partial charge >= 0.3 is 0 Å². The average Bonchev–Trinajstić information content (AvgIpc) is 3.44. The summed E-state index contributed by atoms with van der Waals surface area (Å²) in [6, 6.07) is 17.2. The Morgan fingerprint density at radius 1 is 1.13 bits per heavy atom. The van der Waals surface area contributed by atoms with Gasteiger partial charge in [0.15, 0.2) is 0 Å². The second-order valence-electron chi connectivity index (χ2n) is 6.23. The van der Waals surface area contributed by atoms with Gasteiger partial charge in [0.05, 0.1) is 7.11 Å². The van der Waals surface area contributed by atoms with Crippen LogP contribution in [0.15, 0.2) is 48.5 Å². The van der Waals surface area contributed by atoms with Crippen LogP contribution in [-0.4, -0.2) is 24.9 Å². The highest BCUT2D eigenvalue weighted by Gasteiger charge is 2.30. The molecule has 0 spiro atoms. The SMILES string of the molecule is COc1ccccc1-c1ccc(CNC(CCO)C2CC2)cc1. The predicted octanol–water partition coefficient (Wildman–Crippen LogP) is 3.61.